The van der Waals surface area contributed by atoms with Crippen molar-refractivity contribution >= 4 is 15.7 Å². The molecule has 0 N–H and O–H groups in total. The Morgan fingerprint density at radius 1 is 0.966 bits per heavy atom. The Morgan fingerprint density at radius 2 is 1.55 bits per heavy atom. The SMILES string of the molecule is Cn1cc(-c2cc(-c3cnn(C)c3)n(S(=O)(=O)c3ccc([N+](=O)[O-])cc3)n2)cn1. The van der Waals surface area contributed by atoms with Crippen LogP contribution in [0.5, 0.6) is 0 Å². The first kappa shape index (κ1) is 18.6. The molecule has 4 rings (SSSR count). The van der Waals surface area contributed by atoms with E-state index in [-0.39, 0.29) is 10.6 Å². The van der Waals surface area contributed by atoms with E-state index >= 15 is 0 Å². The molecule has 3 heterocycles. The monoisotopic (exact) mass is 413 g/mol. The lowest BCUT2D eigenvalue weighted by atomic mass is 10.2. The minimum Gasteiger partial charge on any atom is -0.275 e. The molecule has 3 aromatic heterocycles. The van der Waals surface area contributed by atoms with Crippen molar-refractivity contribution < 1.29 is 13.3 Å². The van der Waals surface area contributed by atoms with E-state index in [9.17, 15) is 18.5 Å². The predicted molar refractivity (Wildman–Crippen MR) is 102 cm³/mol. The lowest BCUT2D eigenvalue weighted by molar-refractivity contribution is -0.384. The summed E-state index contributed by atoms with van der Waals surface area (Å²) in [6.45, 7) is 0. The first-order valence-corrected chi connectivity index (χ1v) is 9.78. The van der Waals surface area contributed by atoms with Crippen LogP contribution in [0.15, 0.2) is 60.0 Å². The van der Waals surface area contributed by atoms with Crippen LogP contribution in [0.2, 0.25) is 0 Å². The average Bonchev–Trinajstić information content (AvgIpc) is 3.41. The molecule has 0 aliphatic heterocycles. The third kappa shape index (κ3) is 3.29. The van der Waals surface area contributed by atoms with E-state index in [1.165, 1.54) is 18.3 Å². The minimum absolute atomic E-state index is 0.117. The van der Waals surface area contributed by atoms with Gasteiger partial charge in [0.2, 0.25) is 0 Å². The van der Waals surface area contributed by atoms with E-state index in [0.29, 0.717) is 22.5 Å². The highest BCUT2D eigenvalue weighted by molar-refractivity contribution is 7.90. The number of nitro groups is 1. The summed E-state index contributed by atoms with van der Waals surface area (Å²) in [4.78, 5) is 10.1. The molecule has 1 aromatic carbocycles. The summed E-state index contributed by atoms with van der Waals surface area (Å²) >= 11 is 0. The molecular formula is C17H15N7O4S. The summed E-state index contributed by atoms with van der Waals surface area (Å²) in [6, 6.07) is 6.29. The number of rotatable bonds is 5. The number of nitrogens with zero attached hydrogens (tertiary/aromatic N) is 7. The molecule has 4 aromatic rings. The quantitative estimate of drug-likeness (QED) is 0.360. The van der Waals surface area contributed by atoms with Gasteiger partial charge in [-0.3, -0.25) is 19.5 Å². The van der Waals surface area contributed by atoms with Crippen molar-refractivity contribution in [1.29, 1.82) is 0 Å². The molecule has 12 heteroatoms. The first-order chi connectivity index (χ1) is 13.8. The summed E-state index contributed by atoms with van der Waals surface area (Å²) in [6.07, 6.45) is 6.51. The maximum Gasteiger partial charge on any atom is 0.283 e. The Balaban J connectivity index is 1.88. The molecule has 0 spiro atoms. The van der Waals surface area contributed by atoms with Gasteiger partial charge in [0.1, 0.15) is 0 Å². The molecular weight excluding hydrogens is 398 g/mol. The number of non-ortho nitro benzene ring substituents is 1. The second-order valence-corrected chi connectivity index (χ2v) is 8.09. The maximum absolute atomic E-state index is 13.2. The molecule has 0 fully saturated rings. The summed E-state index contributed by atoms with van der Waals surface area (Å²) < 4.78 is 30.5. The van der Waals surface area contributed by atoms with Gasteiger partial charge in [0.15, 0.2) is 0 Å². The van der Waals surface area contributed by atoms with Crippen molar-refractivity contribution in [3.8, 4) is 22.5 Å². The largest absolute Gasteiger partial charge is 0.283 e. The minimum atomic E-state index is -4.11. The molecule has 0 saturated carbocycles. The van der Waals surface area contributed by atoms with Crippen LogP contribution < -0.4 is 0 Å². The van der Waals surface area contributed by atoms with Crippen LogP contribution in [0, 0.1) is 10.1 Å². The molecule has 0 aliphatic carbocycles. The third-order valence-electron chi connectivity index (χ3n) is 4.25. The highest BCUT2D eigenvalue weighted by Crippen LogP contribution is 2.29. The van der Waals surface area contributed by atoms with E-state index in [2.05, 4.69) is 15.3 Å². The molecule has 29 heavy (non-hydrogen) atoms. The fraction of sp³-hybridized carbons (Fsp3) is 0.118. The zero-order valence-electron chi connectivity index (χ0n) is 15.4. The van der Waals surface area contributed by atoms with Crippen molar-refractivity contribution in [2.45, 2.75) is 4.90 Å². The third-order valence-corrected chi connectivity index (χ3v) is 5.85. The van der Waals surface area contributed by atoms with Gasteiger partial charge in [0.25, 0.3) is 15.7 Å². The molecule has 0 saturated heterocycles. The van der Waals surface area contributed by atoms with Crippen LogP contribution in [0.25, 0.3) is 22.5 Å². The molecule has 148 valence electrons. The van der Waals surface area contributed by atoms with Crippen LogP contribution in [-0.2, 0) is 24.1 Å². The fourth-order valence-corrected chi connectivity index (χ4v) is 4.12. The highest BCUT2D eigenvalue weighted by atomic mass is 32.2. The Labute approximate surface area is 165 Å². The van der Waals surface area contributed by atoms with Gasteiger partial charge in [-0.25, -0.2) is 0 Å². The molecule has 0 aliphatic rings. The Morgan fingerprint density at radius 3 is 2.07 bits per heavy atom. The van der Waals surface area contributed by atoms with E-state index in [1.54, 1.807) is 48.1 Å². The van der Waals surface area contributed by atoms with Gasteiger partial charge in [0.05, 0.1) is 33.6 Å². The molecule has 0 radical (unpaired) electrons. The van der Waals surface area contributed by atoms with Crippen LogP contribution >= 0.6 is 0 Å². The fourth-order valence-electron chi connectivity index (χ4n) is 2.83. The maximum atomic E-state index is 13.2. The normalized spacial score (nSPS) is 11.7. The summed E-state index contributed by atoms with van der Waals surface area (Å²) in [5, 5.41) is 23.3. The molecule has 11 nitrogen and oxygen atoms in total. The number of aromatic nitrogens is 6. The Bertz CT molecular complexity index is 1320. The lowest BCUT2D eigenvalue weighted by Crippen LogP contribution is -2.15. The number of hydrogen-bond acceptors (Lipinski definition) is 7. The molecule has 0 amide bonds. The first-order valence-electron chi connectivity index (χ1n) is 8.34. The number of aryl methyl sites for hydroxylation is 2. The Kier molecular flexibility index (Phi) is 4.27. The number of nitro benzene ring substituents is 1. The van der Waals surface area contributed by atoms with Crippen molar-refractivity contribution in [2.75, 3.05) is 0 Å². The van der Waals surface area contributed by atoms with Crippen LogP contribution in [0.1, 0.15) is 0 Å². The zero-order chi connectivity index (χ0) is 20.8. The van der Waals surface area contributed by atoms with Gasteiger partial charge >= 0.3 is 0 Å². The molecule has 0 atom stereocenters. The summed E-state index contributed by atoms with van der Waals surface area (Å²) in [5.41, 5.74) is 1.74. The second kappa shape index (κ2) is 6.67. The van der Waals surface area contributed by atoms with Crippen molar-refractivity contribution in [1.82, 2.24) is 28.7 Å². The van der Waals surface area contributed by atoms with Crippen molar-refractivity contribution in [3.63, 3.8) is 0 Å². The highest BCUT2D eigenvalue weighted by Gasteiger charge is 2.25. The second-order valence-electron chi connectivity index (χ2n) is 6.32. The van der Waals surface area contributed by atoms with Gasteiger partial charge in [-0.15, -0.1) is 0 Å². The summed E-state index contributed by atoms with van der Waals surface area (Å²) in [7, 11) is -0.647. The van der Waals surface area contributed by atoms with E-state index in [4.69, 9.17) is 0 Å². The van der Waals surface area contributed by atoms with Crippen LogP contribution in [0.3, 0.4) is 0 Å². The van der Waals surface area contributed by atoms with Gasteiger partial charge < -0.3 is 0 Å². The summed E-state index contributed by atoms with van der Waals surface area (Å²) in [5.74, 6) is 0. The van der Waals surface area contributed by atoms with Gasteiger partial charge in [-0.05, 0) is 18.2 Å². The van der Waals surface area contributed by atoms with Crippen LogP contribution in [-0.4, -0.2) is 42.1 Å². The molecule has 0 bridgehead atoms. The zero-order valence-corrected chi connectivity index (χ0v) is 16.2. The lowest BCUT2D eigenvalue weighted by Gasteiger charge is -2.07. The van der Waals surface area contributed by atoms with E-state index in [1.807, 2.05) is 0 Å². The van der Waals surface area contributed by atoms with Crippen molar-refractivity contribution in [3.05, 3.63) is 65.2 Å². The van der Waals surface area contributed by atoms with Gasteiger partial charge in [-0.1, -0.05) is 0 Å². The van der Waals surface area contributed by atoms with Crippen molar-refractivity contribution in [2.24, 2.45) is 14.1 Å². The number of benzene rings is 1. The average molecular weight is 413 g/mol. The smallest absolute Gasteiger partial charge is 0.275 e. The van der Waals surface area contributed by atoms with E-state index < -0.39 is 14.9 Å². The standard InChI is InChI=1S/C17H15N7O4S/c1-21-10-12(8-18-21)16-7-17(13-9-19-22(2)11-13)23(20-16)29(27,28)15-5-3-14(4-6-15)24(25)26/h3-11H,1-2H3. The predicted octanol–water partition coefficient (Wildman–Crippen LogP) is 1.83. The van der Waals surface area contributed by atoms with Gasteiger partial charge in [0, 0.05) is 49.7 Å². The van der Waals surface area contributed by atoms with Crippen LogP contribution in [0.4, 0.5) is 5.69 Å². The number of hydrogen-bond donors (Lipinski definition) is 0. The van der Waals surface area contributed by atoms with E-state index in [0.717, 1.165) is 16.2 Å². The topological polar surface area (TPSA) is 131 Å². The molecule has 0 unspecified atom stereocenters. The van der Waals surface area contributed by atoms with Gasteiger partial charge in [-0.2, -0.15) is 27.8 Å². The Hall–Kier alpha value is -3.80.